The van der Waals surface area contributed by atoms with Crippen molar-refractivity contribution in [3.63, 3.8) is 0 Å². The zero-order valence-electron chi connectivity index (χ0n) is 13.5. The second kappa shape index (κ2) is 7.08. The molecule has 2 aromatic rings. The lowest BCUT2D eigenvalue weighted by molar-refractivity contribution is 0.0531. The maximum Gasteiger partial charge on any atom is 0.348 e. The summed E-state index contributed by atoms with van der Waals surface area (Å²) in [6, 6.07) is 0. The van der Waals surface area contributed by atoms with Gasteiger partial charge in [0.15, 0.2) is 0 Å². The zero-order chi connectivity index (χ0) is 16.2. The number of aromatic nitrogens is 2. The molecule has 6 heteroatoms. The minimum absolute atomic E-state index is 0.281. The highest BCUT2D eigenvalue weighted by Gasteiger charge is 2.20. The molecule has 0 aromatic carbocycles. The number of hydrogen-bond acceptors (Lipinski definition) is 6. The smallest absolute Gasteiger partial charge is 0.348 e. The summed E-state index contributed by atoms with van der Waals surface area (Å²) in [5, 5.41) is 4.39. The van der Waals surface area contributed by atoms with E-state index in [4.69, 9.17) is 4.74 Å². The van der Waals surface area contributed by atoms with E-state index in [0.29, 0.717) is 17.4 Å². The van der Waals surface area contributed by atoms with Crippen molar-refractivity contribution >= 4 is 33.3 Å². The summed E-state index contributed by atoms with van der Waals surface area (Å²) in [6.07, 6.45) is 9.51. The Bertz CT molecular complexity index is 739. The molecule has 122 valence electrons. The molecular weight excluding hydrogens is 310 g/mol. The lowest BCUT2D eigenvalue weighted by Gasteiger charge is -2.18. The van der Waals surface area contributed by atoms with Crippen LogP contribution in [0.3, 0.4) is 0 Å². The number of allylic oxidation sites excluding steroid dienone is 2. The molecule has 23 heavy (non-hydrogen) atoms. The molecule has 1 aliphatic rings. The van der Waals surface area contributed by atoms with Gasteiger partial charge in [-0.05, 0) is 44.6 Å². The number of carbonyl (C=O) groups is 1. The molecule has 2 aromatic heterocycles. The van der Waals surface area contributed by atoms with Crippen molar-refractivity contribution in [1.82, 2.24) is 9.97 Å². The first-order chi connectivity index (χ1) is 11.2. The molecule has 1 N–H and O–H groups in total. The molecule has 0 fully saturated rings. The van der Waals surface area contributed by atoms with Gasteiger partial charge in [0.05, 0.1) is 12.0 Å². The van der Waals surface area contributed by atoms with E-state index in [1.165, 1.54) is 17.8 Å². The fourth-order valence-corrected chi connectivity index (χ4v) is 3.92. The van der Waals surface area contributed by atoms with Crippen molar-refractivity contribution in [2.45, 2.75) is 33.1 Å². The third kappa shape index (κ3) is 3.37. The van der Waals surface area contributed by atoms with Crippen molar-refractivity contribution in [3.8, 4) is 0 Å². The minimum atomic E-state index is -0.281. The van der Waals surface area contributed by atoms with Gasteiger partial charge in [0, 0.05) is 6.54 Å². The van der Waals surface area contributed by atoms with Crippen LogP contribution in [0.15, 0.2) is 18.5 Å². The molecule has 0 saturated carbocycles. The van der Waals surface area contributed by atoms with E-state index in [9.17, 15) is 4.79 Å². The SMILES string of the molecule is CCOC(=O)c1sc2ncnc(NCC3CC=CCC3)c2c1C. The maximum absolute atomic E-state index is 12.1. The standard InChI is InChI=1S/C17H21N3O2S/c1-3-22-17(21)14-11(2)13-15(19-10-20-16(13)23-14)18-9-12-7-5-4-6-8-12/h4-5,10,12H,3,6-9H2,1-2H3,(H,18,19,20). The fourth-order valence-electron chi connectivity index (χ4n) is 2.88. The van der Waals surface area contributed by atoms with Gasteiger partial charge < -0.3 is 10.1 Å². The number of ether oxygens (including phenoxy) is 1. The second-order valence-electron chi connectivity index (χ2n) is 5.71. The summed E-state index contributed by atoms with van der Waals surface area (Å²) in [7, 11) is 0. The summed E-state index contributed by atoms with van der Waals surface area (Å²) in [5.41, 5.74) is 0.898. The van der Waals surface area contributed by atoms with Gasteiger partial charge >= 0.3 is 5.97 Å². The van der Waals surface area contributed by atoms with E-state index >= 15 is 0 Å². The van der Waals surface area contributed by atoms with Gasteiger partial charge in [-0.25, -0.2) is 14.8 Å². The Morgan fingerprint density at radius 2 is 2.30 bits per heavy atom. The van der Waals surface area contributed by atoms with Crippen LogP contribution in [-0.2, 0) is 4.74 Å². The zero-order valence-corrected chi connectivity index (χ0v) is 14.3. The molecule has 2 heterocycles. The number of carbonyl (C=O) groups excluding carboxylic acids is 1. The van der Waals surface area contributed by atoms with Crippen LogP contribution in [-0.4, -0.2) is 29.1 Å². The van der Waals surface area contributed by atoms with Crippen molar-refractivity contribution in [3.05, 3.63) is 28.9 Å². The molecule has 5 nitrogen and oxygen atoms in total. The largest absolute Gasteiger partial charge is 0.462 e. The summed E-state index contributed by atoms with van der Waals surface area (Å²) in [4.78, 5) is 22.2. The summed E-state index contributed by atoms with van der Waals surface area (Å²) in [5.74, 6) is 1.17. The molecule has 3 rings (SSSR count). The van der Waals surface area contributed by atoms with Gasteiger partial charge in [-0.15, -0.1) is 11.3 Å². The predicted octanol–water partition coefficient (Wildman–Crippen LogP) is 3.94. The monoisotopic (exact) mass is 331 g/mol. The van der Waals surface area contributed by atoms with E-state index in [1.54, 1.807) is 6.33 Å². The number of hydrogen-bond donors (Lipinski definition) is 1. The molecule has 1 atom stereocenters. The van der Waals surface area contributed by atoms with E-state index in [2.05, 4.69) is 27.4 Å². The first kappa shape index (κ1) is 15.9. The normalized spacial score (nSPS) is 17.4. The molecule has 0 amide bonds. The number of nitrogens with one attached hydrogen (secondary N) is 1. The lowest BCUT2D eigenvalue weighted by atomic mass is 9.94. The summed E-state index contributed by atoms with van der Waals surface area (Å²) in [6.45, 7) is 5.01. The quantitative estimate of drug-likeness (QED) is 0.664. The van der Waals surface area contributed by atoms with Crippen LogP contribution < -0.4 is 5.32 Å². The number of esters is 1. The van der Waals surface area contributed by atoms with Crippen LogP contribution in [0.2, 0.25) is 0 Å². The predicted molar refractivity (Wildman–Crippen MR) is 93.1 cm³/mol. The van der Waals surface area contributed by atoms with Gasteiger partial charge in [-0.3, -0.25) is 0 Å². The molecule has 0 aliphatic heterocycles. The van der Waals surface area contributed by atoms with E-state index in [1.807, 2.05) is 13.8 Å². The van der Waals surface area contributed by atoms with Crippen LogP contribution in [0, 0.1) is 12.8 Å². The number of fused-ring (bicyclic) bond motifs is 1. The van der Waals surface area contributed by atoms with Gasteiger partial charge in [-0.1, -0.05) is 12.2 Å². The van der Waals surface area contributed by atoms with E-state index in [0.717, 1.165) is 41.0 Å². The van der Waals surface area contributed by atoms with Crippen molar-refractivity contribution in [1.29, 1.82) is 0 Å². The maximum atomic E-state index is 12.1. The highest BCUT2D eigenvalue weighted by Crippen LogP contribution is 2.34. The van der Waals surface area contributed by atoms with Crippen molar-refractivity contribution in [2.75, 3.05) is 18.5 Å². The minimum Gasteiger partial charge on any atom is -0.462 e. The molecule has 0 saturated heterocycles. The highest BCUT2D eigenvalue weighted by molar-refractivity contribution is 7.20. The van der Waals surface area contributed by atoms with E-state index < -0.39 is 0 Å². The Labute approximate surface area is 139 Å². The number of anilines is 1. The third-order valence-electron chi connectivity index (χ3n) is 4.12. The topological polar surface area (TPSA) is 64.1 Å². The van der Waals surface area contributed by atoms with Gasteiger partial charge in [0.25, 0.3) is 0 Å². The first-order valence-corrected chi connectivity index (χ1v) is 8.82. The fraction of sp³-hybridized carbons (Fsp3) is 0.471. The Morgan fingerprint density at radius 3 is 3.04 bits per heavy atom. The third-order valence-corrected chi connectivity index (χ3v) is 5.30. The lowest BCUT2D eigenvalue weighted by Crippen LogP contribution is -2.16. The molecule has 1 aliphatic carbocycles. The number of nitrogens with zero attached hydrogens (tertiary/aromatic N) is 2. The average molecular weight is 331 g/mol. The van der Waals surface area contributed by atoms with Gasteiger partial charge in [-0.2, -0.15) is 0 Å². The van der Waals surface area contributed by atoms with Crippen molar-refractivity contribution in [2.24, 2.45) is 5.92 Å². The van der Waals surface area contributed by atoms with Gasteiger partial charge in [0.2, 0.25) is 0 Å². The highest BCUT2D eigenvalue weighted by atomic mass is 32.1. The molecule has 0 spiro atoms. The van der Waals surface area contributed by atoms with Crippen LogP contribution in [0.5, 0.6) is 0 Å². The van der Waals surface area contributed by atoms with Crippen LogP contribution >= 0.6 is 11.3 Å². The van der Waals surface area contributed by atoms with Gasteiger partial charge in [0.1, 0.15) is 21.9 Å². The Balaban J connectivity index is 1.85. The number of rotatable bonds is 5. The van der Waals surface area contributed by atoms with Crippen molar-refractivity contribution < 1.29 is 9.53 Å². The van der Waals surface area contributed by atoms with Crippen LogP contribution in [0.25, 0.3) is 10.2 Å². The molecule has 0 radical (unpaired) electrons. The Hall–Kier alpha value is -1.95. The average Bonchev–Trinajstić information content (AvgIpc) is 2.92. The second-order valence-corrected chi connectivity index (χ2v) is 6.71. The summed E-state index contributed by atoms with van der Waals surface area (Å²) < 4.78 is 5.13. The number of thiophene rings is 1. The first-order valence-electron chi connectivity index (χ1n) is 8.00. The Morgan fingerprint density at radius 1 is 1.43 bits per heavy atom. The molecule has 0 bridgehead atoms. The molecule has 1 unspecified atom stereocenters. The number of aryl methyl sites for hydroxylation is 1. The molecular formula is C17H21N3O2S. The summed E-state index contributed by atoms with van der Waals surface area (Å²) >= 11 is 1.37. The van der Waals surface area contributed by atoms with Crippen LogP contribution in [0.4, 0.5) is 5.82 Å². The van der Waals surface area contributed by atoms with Crippen LogP contribution in [0.1, 0.15) is 41.4 Å². The Kier molecular flexibility index (Phi) is 4.91. The van der Waals surface area contributed by atoms with E-state index in [-0.39, 0.29) is 5.97 Å².